The number of H-pyrrole nitrogens is 1. The molecule has 0 unspecified atom stereocenters. The standard InChI is InChI=1S/C21H18N4OS/c1-14(23)17(12-22)18(26)13-27-21-24-19(15-8-4-2-5-9-15)20(25-21)16-10-6-3-7-11-16/h2-11H,13,23H2,1H3,(H,24,25)/b17-14+. The molecule has 134 valence electrons. The number of ketones is 1. The molecule has 0 aliphatic heterocycles. The van der Waals surface area contributed by atoms with Crippen LogP contribution in [0.3, 0.4) is 0 Å². The maximum atomic E-state index is 12.2. The minimum atomic E-state index is -0.304. The highest BCUT2D eigenvalue weighted by atomic mass is 32.2. The molecule has 0 amide bonds. The Morgan fingerprint density at radius 1 is 1.11 bits per heavy atom. The van der Waals surface area contributed by atoms with E-state index < -0.39 is 0 Å². The van der Waals surface area contributed by atoms with Gasteiger partial charge >= 0.3 is 0 Å². The highest BCUT2D eigenvalue weighted by Crippen LogP contribution is 2.32. The summed E-state index contributed by atoms with van der Waals surface area (Å²) in [6.07, 6.45) is 0. The normalized spacial score (nSPS) is 11.6. The summed E-state index contributed by atoms with van der Waals surface area (Å²) >= 11 is 1.26. The van der Waals surface area contributed by atoms with Gasteiger partial charge in [-0.1, -0.05) is 72.4 Å². The maximum Gasteiger partial charge on any atom is 0.185 e. The van der Waals surface area contributed by atoms with E-state index in [9.17, 15) is 4.79 Å². The summed E-state index contributed by atoms with van der Waals surface area (Å²) in [6, 6.07) is 21.6. The predicted octanol–water partition coefficient (Wildman–Crippen LogP) is 4.16. The Balaban J connectivity index is 1.92. The Morgan fingerprint density at radius 2 is 1.70 bits per heavy atom. The zero-order valence-electron chi connectivity index (χ0n) is 14.8. The summed E-state index contributed by atoms with van der Waals surface area (Å²) in [6.45, 7) is 1.55. The molecule has 0 saturated heterocycles. The molecule has 0 aliphatic carbocycles. The summed E-state index contributed by atoms with van der Waals surface area (Å²) in [4.78, 5) is 20.2. The number of rotatable bonds is 6. The van der Waals surface area contributed by atoms with Gasteiger partial charge in [-0.25, -0.2) is 4.98 Å². The first-order chi connectivity index (χ1) is 13.1. The summed E-state index contributed by atoms with van der Waals surface area (Å²) in [5.41, 5.74) is 9.55. The number of aromatic amines is 1. The molecule has 3 aromatic rings. The molecule has 0 radical (unpaired) electrons. The first kappa shape index (κ1) is 18.5. The fourth-order valence-corrected chi connectivity index (χ4v) is 3.36. The molecule has 3 rings (SSSR count). The smallest absolute Gasteiger partial charge is 0.185 e. The van der Waals surface area contributed by atoms with E-state index in [-0.39, 0.29) is 22.8 Å². The van der Waals surface area contributed by atoms with E-state index in [1.54, 1.807) is 6.92 Å². The van der Waals surface area contributed by atoms with Gasteiger partial charge in [0.1, 0.15) is 11.6 Å². The molecule has 5 nitrogen and oxygen atoms in total. The number of hydrogen-bond donors (Lipinski definition) is 2. The van der Waals surface area contributed by atoms with E-state index in [4.69, 9.17) is 11.0 Å². The van der Waals surface area contributed by atoms with E-state index in [0.717, 1.165) is 22.5 Å². The van der Waals surface area contributed by atoms with Gasteiger partial charge in [0, 0.05) is 16.8 Å². The van der Waals surface area contributed by atoms with Crippen LogP contribution >= 0.6 is 11.8 Å². The van der Waals surface area contributed by atoms with Gasteiger partial charge in [0.05, 0.1) is 17.1 Å². The number of carbonyl (C=O) groups excluding carboxylic acids is 1. The van der Waals surface area contributed by atoms with E-state index in [1.807, 2.05) is 66.7 Å². The van der Waals surface area contributed by atoms with Crippen molar-refractivity contribution >= 4 is 17.5 Å². The van der Waals surface area contributed by atoms with Gasteiger partial charge in [-0.2, -0.15) is 5.26 Å². The van der Waals surface area contributed by atoms with Crippen molar-refractivity contribution in [3.8, 4) is 28.6 Å². The third-order valence-corrected chi connectivity index (χ3v) is 4.79. The first-order valence-electron chi connectivity index (χ1n) is 8.33. The number of aromatic nitrogens is 2. The first-order valence-corrected chi connectivity index (χ1v) is 9.32. The number of allylic oxidation sites excluding steroid dienone is 2. The monoisotopic (exact) mass is 374 g/mol. The average molecular weight is 374 g/mol. The minimum Gasteiger partial charge on any atom is -0.401 e. The predicted molar refractivity (Wildman–Crippen MR) is 108 cm³/mol. The van der Waals surface area contributed by atoms with E-state index in [1.165, 1.54) is 11.8 Å². The number of imidazole rings is 1. The van der Waals surface area contributed by atoms with Crippen LogP contribution in [0.2, 0.25) is 0 Å². The summed E-state index contributed by atoms with van der Waals surface area (Å²) in [7, 11) is 0. The van der Waals surface area contributed by atoms with Crippen LogP contribution in [0.15, 0.2) is 77.1 Å². The number of carbonyl (C=O) groups is 1. The summed E-state index contributed by atoms with van der Waals surface area (Å²) in [5, 5.41) is 9.69. The SMILES string of the molecule is C/C(N)=C(/C#N)C(=O)CSc1nc(-c2ccccc2)c(-c2ccccc2)[nH]1. The number of benzene rings is 2. The van der Waals surface area contributed by atoms with Crippen molar-refractivity contribution in [2.24, 2.45) is 5.73 Å². The number of thioether (sulfide) groups is 1. The quantitative estimate of drug-likeness (QED) is 0.384. The Bertz CT molecular complexity index is 956. The van der Waals surface area contributed by atoms with Crippen LogP contribution in [0.5, 0.6) is 0 Å². The molecule has 3 N–H and O–H groups in total. The second-order valence-electron chi connectivity index (χ2n) is 5.88. The molecule has 6 heteroatoms. The summed E-state index contributed by atoms with van der Waals surface area (Å²) in [5.74, 6) is -0.214. The van der Waals surface area contributed by atoms with Gasteiger partial charge in [-0.05, 0) is 6.92 Å². The minimum absolute atomic E-state index is 0.000576. The molecule has 0 fully saturated rings. The van der Waals surface area contributed by atoms with Gasteiger partial charge in [-0.3, -0.25) is 4.79 Å². The lowest BCUT2D eigenvalue weighted by atomic mass is 10.1. The van der Waals surface area contributed by atoms with E-state index >= 15 is 0 Å². The third-order valence-electron chi connectivity index (χ3n) is 3.92. The number of Topliss-reactive ketones (excluding diaryl/α,β-unsaturated/α-hetero) is 1. The molecule has 0 aliphatic rings. The van der Waals surface area contributed by atoms with Crippen molar-refractivity contribution < 1.29 is 4.79 Å². The van der Waals surface area contributed by atoms with Crippen molar-refractivity contribution in [1.29, 1.82) is 5.26 Å². The molecule has 0 atom stereocenters. The highest BCUT2D eigenvalue weighted by molar-refractivity contribution is 7.99. The third kappa shape index (κ3) is 4.27. The van der Waals surface area contributed by atoms with Crippen LogP contribution in [-0.4, -0.2) is 21.5 Å². The zero-order chi connectivity index (χ0) is 19.2. The van der Waals surface area contributed by atoms with Crippen LogP contribution < -0.4 is 5.73 Å². The van der Waals surface area contributed by atoms with Gasteiger partial charge < -0.3 is 10.7 Å². The Morgan fingerprint density at radius 3 is 2.26 bits per heavy atom. The Labute approximate surface area is 161 Å². The van der Waals surface area contributed by atoms with Crippen molar-refractivity contribution in [3.63, 3.8) is 0 Å². The van der Waals surface area contributed by atoms with Crippen LogP contribution in [-0.2, 0) is 4.79 Å². The molecule has 0 spiro atoms. The van der Waals surface area contributed by atoms with Gasteiger partial charge in [0.15, 0.2) is 10.9 Å². The largest absolute Gasteiger partial charge is 0.401 e. The van der Waals surface area contributed by atoms with Crippen LogP contribution in [0.25, 0.3) is 22.5 Å². The second-order valence-corrected chi connectivity index (χ2v) is 6.84. The lowest BCUT2D eigenvalue weighted by molar-refractivity contribution is -0.112. The number of nitrogens with zero attached hydrogens (tertiary/aromatic N) is 2. The number of nitrogens with one attached hydrogen (secondary N) is 1. The molecule has 2 aromatic carbocycles. The van der Waals surface area contributed by atoms with E-state index in [2.05, 4.69) is 9.97 Å². The van der Waals surface area contributed by atoms with E-state index in [0.29, 0.717) is 5.16 Å². The molecular weight excluding hydrogens is 356 g/mol. The molecule has 0 saturated carbocycles. The number of nitriles is 1. The molecule has 1 heterocycles. The summed E-state index contributed by atoms with van der Waals surface area (Å²) < 4.78 is 0. The van der Waals surface area contributed by atoms with Crippen LogP contribution in [0.4, 0.5) is 0 Å². The fourth-order valence-electron chi connectivity index (χ4n) is 2.62. The van der Waals surface area contributed by atoms with Gasteiger partial charge in [0.2, 0.25) is 0 Å². The topological polar surface area (TPSA) is 95.6 Å². The fraction of sp³-hybridized carbons (Fsp3) is 0.0952. The molecular formula is C21H18N4OS. The molecule has 27 heavy (non-hydrogen) atoms. The van der Waals surface area contributed by atoms with Gasteiger partial charge in [0.25, 0.3) is 0 Å². The van der Waals surface area contributed by atoms with Crippen molar-refractivity contribution in [1.82, 2.24) is 9.97 Å². The van der Waals surface area contributed by atoms with Crippen LogP contribution in [0, 0.1) is 11.3 Å². The molecule has 0 bridgehead atoms. The van der Waals surface area contributed by atoms with Crippen molar-refractivity contribution in [3.05, 3.63) is 71.9 Å². The average Bonchev–Trinajstić information content (AvgIpc) is 3.12. The molecule has 1 aromatic heterocycles. The lowest BCUT2D eigenvalue weighted by Gasteiger charge is -2.02. The van der Waals surface area contributed by atoms with Crippen molar-refractivity contribution in [2.45, 2.75) is 12.1 Å². The number of nitrogens with two attached hydrogens (primary N) is 1. The van der Waals surface area contributed by atoms with Crippen molar-refractivity contribution in [2.75, 3.05) is 5.75 Å². The lowest BCUT2D eigenvalue weighted by Crippen LogP contribution is -2.10. The Hall–Kier alpha value is -3.30. The highest BCUT2D eigenvalue weighted by Gasteiger charge is 2.17. The Kier molecular flexibility index (Phi) is 5.74. The second kappa shape index (κ2) is 8.39. The van der Waals surface area contributed by atoms with Gasteiger partial charge in [-0.15, -0.1) is 0 Å². The zero-order valence-corrected chi connectivity index (χ0v) is 15.6. The maximum absolute atomic E-state index is 12.2. The number of hydrogen-bond acceptors (Lipinski definition) is 5. The van der Waals surface area contributed by atoms with Crippen LogP contribution in [0.1, 0.15) is 6.92 Å².